The largest absolute Gasteiger partial charge is 0.490 e. The Morgan fingerprint density at radius 1 is 1.12 bits per heavy atom. The van der Waals surface area contributed by atoms with Crippen molar-refractivity contribution in [3.8, 4) is 22.9 Å². The number of alkyl halides is 3. The van der Waals surface area contributed by atoms with Gasteiger partial charge in [-0.25, -0.2) is 0 Å². The number of nitrogens with zero attached hydrogens (tertiary/aromatic N) is 3. The lowest BCUT2D eigenvalue weighted by Gasteiger charge is -2.11. The van der Waals surface area contributed by atoms with Gasteiger partial charge < -0.3 is 19.4 Å². The van der Waals surface area contributed by atoms with Gasteiger partial charge in [-0.1, -0.05) is 17.8 Å². The van der Waals surface area contributed by atoms with Crippen LogP contribution in [0.5, 0.6) is 11.5 Å². The Morgan fingerprint density at radius 2 is 1.91 bits per heavy atom. The molecule has 7 nitrogen and oxygen atoms in total. The van der Waals surface area contributed by atoms with Crippen LogP contribution in [-0.2, 0) is 17.5 Å². The van der Waals surface area contributed by atoms with Crippen molar-refractivity contribution in [1.29, 1.82) is 0 Å². The molecule has 0 atom stereocenters. The Bertz CT molecular complexity index is 1150. The Labute approximate surface area is 192 Å². The Morgan fingerprint density at radius 3 is 2.67 bits per heavy atom. The second-order valence-corrected chi connectivity index (χ2v) is 8.12. The van der Waals surface area contributed by atoms with E-state index in [-0.39, 0.29) is 11.4 Å². The number of thioether (sulfide) groups is 1. The van der Waals surface area contributed by atoms with E-state index in [1.54, 1.807) is 0 Å². The molecule has 4 rings (SSSR count). The maximum absolute atomic E-state index is 12.9. The maximum Gasteiger partial charge on any atom is 0.416 e. The fraction of sp³-hybridized carbons (Fsp3) is 0.318. The first-order valence-electron chi connectivity index (χ1n) is 10.3. The van der Waals surface area contributed by atoms with Crippen molar-refractivity contribution in [3.05, 3.63) is 48.0 Å². The van der Waals surface area contributed by atoms with E-state index in [4.69, 9.17) is 9.47 Å². The predicted octanol–water partition coefficient (Wildman–Crippen LogP) is 4.88. The van der Waals surface area contributed by atoms with Crippen molar-refractivity contribution in [1.82, 2.24) is 14.8 Å². The van der Waals surface area contributed by atoms with Gasteiger partial charge in [0.15, 0.2) is 22.5 Å². The molecular weight excluding hydrogens is 457 g/mol. The highest BCUT2D eigenvalue weighted by molar-refractivity contribution is 7.99. The highest BCUT2D eigenvalue weighted by Crippen LogP contribution is 2.35. The fourth-order valence-electron chi connectivity index (χ4n) is 3.30. The zero-order valence-electron chi connectivity index (χ0n) is 17.7. The van der Waals surface area contributed by atoms with Crippen LogP contribution in [0.2, 0.25) is 0 Å². The summed E-state index contributed by atoms with van der Waals surface area (Å²) in [6.45, 7) is 3.66. The molecule has 2 aromatic carbocycles. The van der Waals surface area contributed by atoms with Gasteiger partial charge in [-0.05, 0) is 43.3 Å². The summed E-state index contributed by atoms with van der Waals surface area (Å²) in [5.41, 5.74) is 0.0626. The number of fused-ring (bicyclic) bond motifs is 1. The third-order valence-electron chi connectivity index (χ3n) is 4.84. The van der Waals surface area contributed by atoms with Gasteiger partial charge >= 0.3 is 6.18 Å². The van der Waals surface area contributed by atoms with Crippen LogP contribution in [0.15, 0.2) is 47.6 Å². The Hall–Kier alpha value is -3.21. The molecule has 0 spiro atoms. The summed E-state index contributed by atoms with van der Waals surface area (Å²) in [7, 11) is 0. The highest BCUT2D eigenvalue weighted by atomic mass is 32.2. The molecule has 1 N–H and O–H groups in total. The molecule has 0 aliphatic carbocycles. The lowest BCUT2D eigenvalue weighted by Crippen LogP contribution is -2.15. The first kappa shape index (κ1) is 23.0. The van der Waals surface area contributed by atoms with Crippen LogP contribution in [0.1, 0.15) is 18.9 Å². The second kappa shape index (κ2) is 9.74. The zero-order chi connectivity index (χ0) is 23.4. The molecule has 0 radical (unpaired) electrons. The smallest absolute Gasteiger partial charge is 0.416 e. The number of ether oxygens (including phenoxy) is 2. The summed E-state index contributed by atoms with van der Waals surface area (Å²) in [6.07, 6.45) is -3.67. The number of aromatic nitrogens is 3. The maximum atomic E-state index is 12.9. The van der Waals surface area contributed by atoms with Gasteiger partial charge in [0.05, 0.1) is 24.5 Å². The van der Waals surface area contributed by atoms with Gasteiger partial charge in [0.1, 0.15) is 0 Å². The minimum Gasteiger partial charge on any atom is -0.490 e. The number of halogens is 3. The van der Waals surface area contributed by atoms with E-state index < -0.39 is 17.6 Å². The molecule has 0 fully saturated rings. The zero-order valence-corrected chi connectivity index (χ0v) is 18.5. The van der Waals surface area contributed by atoms with Crippen LogP contribution in [0.4, 0.5) is 18.9 Å². The lowest BCUT2D eigenvalue weighted by atomic mass is 10.2. The summed E-state index contributed by atoms with van der Waals surface area (Å²) in [6, 6.07) is 10.1. The van der Waals surface area contributed by atoms with Crippen LogP contribution < -0.4 is 14.8 Å². The number of hydrogen-bond acceptors (Lipinski definition) is 6. The van der Waals surface area contributed by atoms with E-state index in [2.05, 4.69) is 15.5 Å². The summed E-state index contributed by atoms with van der Waals surface area (Å²) >= 11 is 1.16. The second-order valence-electron chi connectivity index (χ2n) is 7.18. The quantitative estimate of drug-likeness (QED) is 0.509. The molecule has 0 saturated heterocycles. The van der Waals surface area contributed by atoms with Crippen LogP contribution in [0.3, 0.4) is 0 Å². The summed E-state index contributed by atoms with van der Waals surface area (Å²) in [4.78, 5) is 12.3. The molecule has 33 heavy (non-hydrogen) atoms. The van der Waals surface area contributed by atoms with Gasteiger partial charge in [-0.15, -0.1) is 10.2 Å². The minimum atomic E-state index is -4.48. The third kappa shape index (κ3) is 5.41. The van der Waals surface area contributed by atoms with Crippen molar-refractivity contribution in [2.24, 2.45) is 0 Å². The monoisotopic (exact) mass is 478 g/mol. The van der Waals surface area contributed by atoms with Crippen molar-refractivity contribution >= 4 is 23.4 Å². The number of anilines is 1. The number of hydrogen-bond donors (Lipinski definition) is 1. The SMILES string of the molecule is CCn1c(SCC(=O)Nc2cccc(C(F)(F)F)c2)nnc1-c1ccc2c(c1)OCCCO2. The molecule has 1 amide bonds. The van der Waals surface area contributed by atoms with E-state index in [1.165, 1.54) is 12.1 Å². The highest BCUT2D eigenvalue weighted by Gasteiger charge is 2.30. The van der Waals surface area contributed by atoms with Crippen LogP contribution >= 0.6 is 11.8 Å². The molecule has 2 heterocycles. The third-order valence-corrected chi connectivity index (χ3v) is 5.81. The van der Waals surface area contributed by atoms with Crippen molar-refractivity contribution in [2.45, 2.75) is 31.2 Å². The van der Waals surface area contributed by atoms with Gasteiger partial charge in [-0.3, -0.25) is 4.79 Å². The molecule has 0 saturated carbocycles. The molecule has 1 aromatic heterocycles. The summed E-state index contributed by atoms with van der Waals surface area (Å²) < 4.78 is 51.9. The first-order chi connectivity index (χ1) is 15.8. The van der Waals surface area contributed by atoms with Crippen molar-refractivity contribution < 1.29 is 27.4 Å². The lowest BCUT2D eigenvalue weighted by molar-refractivity contribution is -0.137. The summed E-state index contributed by atoms with van der Waals surface area (Å²) in [5.74, 6) is 1.47. The summed E-state index contributed by atoms with van der Waals surface area (Å²) in [5, 5.41) is 11.5. The van der Waals surface area contributed by atoms with Crippen LogP contribution in [-0.4, -0.2) is 39.6 Å². The topological polar surface area (TPSA) is 78.3 Å². The molecule has 3 aromatic rings. The number of carbonyl (C=O) groups is 1. The molecule has 0 unspecified atom stereocenters. The fourth-order valence-corrected chi connectivity index (χ4v) is 4.10. The number of benzene rings is 2. The molecule has 1 aliphatic rings. The van der Waals surface area contributed by atoms with Crippen molar-refractivity contribution in [3.63, 3.8) is 0 Å². The average molecular weight is 478 g/mol. The Kier molecular flexibility index (Phi) is 6.77. The standard InChI is InChI=1S/C22H21F3N4O3S/c1-2-29-20(14-7-8-17-18(11-14)32-10-4-9-31-17)27-28-21(29)33-13-19(30)26-16-6-3-5-15(12-16)22(23,24)25/h3,5-8,11-12H,2,4,9-10,13H2,1H3,(H,26,30). The van der Waals surface area contributed by atoms with E-state index in [1.807, 2.05) is 29.7 Å². The van der Waals surface area contributed by atoms with Gasteiger partial charge in [0.2, 0.25) is 5.91 Å². The number of amides is 1. The number of carbonyl (C=O) groups excluding carboxylic acids is 1. The molecule has 0 bridgehead atoms. The number of rotatable bonds is 6. The van der Waals surface area contributed by atoms with Crippen LogP contribution in [0, 0.1) is 0 Å². The van der Waals surface area contributed by atoms with Gasteiger partial charge in [0.25, 0.3) is 0 Å². The minimum absolute atomic E-state index is 0.0322. The molecule has 11 heteroatoms. The number of nitrogens with one attached hydrogen (secondary N) is 1. The predicted molar refractivity (Wildman–Crippen MR) is 118 cm³/mol. The average Bonchev–Trinajstić information content (AvgIpc) is 3.05. The molecular formula is C22H21F3N4O3S. The molecule has 174 valence electrons. The first-order valence-corrected chi connectivity index (χ1v) is 11.3. The van der Waals surface area contributed by atoms with Gasteiger partial charge in [0, 0.05) is 24.2 Å². The van der Waals surface area contributed by atoms with E-state index >= 15 is 0 Å². The Balaban J connectivity index is 1.45. The van der Waals surface area contributed by atoms with Gasteiger partial charge in [-0.2, -0.15) is 13.2 Å². The van der Waals surface area contributed by atoms with E-state index in [9.17, 15) is 18.0 Å². The van der Waals surface area contributed by atoms with Crippen molar-refractivity contribution in [2.75, 3.05) is 24.3 Å². The van der Waals surface area contributed by atoms with Crippen LogP contribution in [0.25, 0.3) is 11.4 Å². The van der Waals surface area contributed by atoms with E-state index in [0.717, 1.165) is 35.9 Å². The molecule has 1 aliphatic heterocycles. The normalized spacial score (nSPS) is 13.5. The van der Waals surface area contributed by atoms with E-state index in [0.29, 0.717) is 42.2 Å².